The number of likely N-dealkylation sites (N-methyl/N-ethyl adjacent to an activating group) is 1. The topological polar surface area (TPSA) is 93.0 Å². The molecule has 0 aliphatic heterocycles. The lowest BCUT2D eigenvalue weighted by molar-refractivity contribution is 0.373. The van der Waals surface area contributed by atoms with E-state index in [9.17, 15) is 0 Å². The van der Waals surface area contributed by atoms with Gasteiger partial charge in [0.15, 0.2) is 5.82 Å². The van der Waals surface area contributed by atoms with Gasteiger partial charge in [-0.15, -0.1) is 0 Å². The van der Waals surface area contributed by atoms with Gasteiger partial charge in [0.1, 0.15) is 11.3 Å². The van der Waals surface area contributed by atoms with Crippen LogP contribution in [0.3, 0.4) is 0 Å². The van der Waals surface area contributed by atoms with Crippen LogP contribution in [0, 0.1) is 0 Å². The van der Waals surface area contributed by atoms with Gasteiger partial charge in [-0.25, -0.2) is 15.0 Å². The number of methoxy groups -OCH3 is 1. The molecule has 0 spiro atoms. The molecule has 9 heteroatoms. The summed E-state index contributed by atoms with van der Waals surface area (Å²) in [6, 6.07) is 8.44. The van der Waals surface area contributed by atoms with Crippen molar-refractivity contribution in [3.05, 3.63) is 49.1 Å². The highest BCUT2D eigenvalue weighted by molar-refractivity contribution is 5.88. The van der Waals surface area contributed by atoms with Crippen molar-refractivity contribution in [3.8, 4) is 16.9 Å². The number of aromatic nitrogens is 5. The molecule has 36 heavy (non-hydrogen) atoms. The third-order valence-electron chi connectivity index (χ3n) is 6.64. The van der Waals surface area contributed by atoms with Gasteiger partial charge in [-0.05, 0) is 50.7 Å². The molecule has 0 saturated heterocycles. The minimum Gasteiger partial charge on any atom is -0.495 e. The second kappa shape index (κ2) is 10.9. The average Bonchev–Trinajstić information content (AvgIpc) is 3.38. The predicted molar refractivity (Wildman–Crippen MR) is 144 cm³/mol. The monoisotopic (exact) mass is 486 g/mol. The Bertz CT molecular complexity index is 1310. The molecule has 3 heterocycles. The number of pyridine rings is 1. The van der Waals surface area contributed by atoms with Gasteiger partial charge in [-0.2, -0.15) is 5.10 Å². The predicted octanol–water partition coefficient (Wildman–Crippen LogP) is 4.95. The van der Waals surface area contributed by atoms with Gasteiger partial charge in [0, 0.05) is 42.1 Å². The van der Waals surface area contributed by atoms with Crippen molar-refractivity contribution in [1.29, 1.82) is 0 Å². The standard InChI is InChI=1S/C27H34N8O/c1-34(2)13-14-35-18-21(17-30-35)19-9-10-23(24(15-19)36-3)32-27-29-16-20-11-12-28-26(25(20)33-27)31-22-7-5-4-6-8-22/h9-12,15-18,22H,4-8,13-14H2,1-3H3,(H,28,31)(H,29,32,33). The zero-order valence-electron chi connectivity index (χ0n) is 21.2. The van der Waals surface area contributed by atoms with Gasteiger partial charge in [0.2, 0.25) is 5.95 Å². The molecule has 4 aromatic rings. The lowest BCUT2D eigenvalue weighted by Crippen LogP contribution is -2.23. The summed E-state index contributed by atoms with van der Waals surface area (Å²) in [5, 5.41) is 12.4. The lowest BCUT2D eigenvalue weighted by Gasteiger charge is -2.23. The van der Waals surface area contributed by atoms with Gasteiger partial charge >= 0.3 is 0 Å². The van der Waals surface area contributed by atoms with Crippen LogP contribution < -0.4 is 15.4 Å². The molecule has 0 amide bonds. The molecule has 0 atom stereocenters. The van der Waals surface area contributed by atoms with E-state index in [0.29, 0.717) is 17.7 Å². The fraction of sp³-hybridized carbons (Fsp3) is 0.407. The first-order valence-electron chi connectivity index (χ1n) is 12.6. The van der Waals surface area contributed by atoms with Crippen molar-refractivity contribution < 1.29 is 4.74 Å². The molecular weight excluding hydrogens is 452 g/mol. The Balaban J connectivity index is 1.36. The zero-order chi connectivity index (χ0) is 24.9. The highest BCUT2D eigenvalue weighted by Crippen LogP contribution is 2.33. The summed E-state index contributed by atoms with van der Waals surface area (Å²) in [6.45, 7) is 1.78. The molecule has 188 valence electrons. The van der Waals surface area contributed by atoms with E-state index in [2.05, 4.69) is 57.0 Å². The van der Waals surface area contributed by atoms with Crippen LogP contribution in [-0.2, 0) is 6.54 Å². The number of benzene rings is 1. The average molecular weight is 487 g/mol. The Morgan fingerprint density at radius 2 is 1.92 bits per heavy atom. The maximum Gasteiger partial charge on any atom is 0.227 e. The van der Waals surface area contributed by atoms with Crippen LogP contribution in [0.25, 0.3) is 22.0 Å². The Labute approximate surface area is 211 Å². The number of anilines is 3. The SMILES string of the molecule is COc1cc(-c2cnn(CCN(C)C)c2)ccc1Nc1ncc2ccnc(NC3CCCCC3)c2n1. The van der Waals surface area contributed by atoms with Crippen molar-refractivity contribution in [3.63, 3.8) is 0 Å². The maximum atomic E-state index is 5.70. The van der Waals surface area contributed by atoms with Crippen LogP contribution in [0.4, 0.5) is 17.5 Å². The van der Waals surface area contributed by atoms with Crippen molar-refractivity contribution in [2.45, 2.75) is 44.7 Å². The van der Waals surface area contributed by atoms with E-state index in [0.717, 1.165) is 46.6 Å². The van der Waals surface area contributed by atoms with Crippen LogP contribution in [0.1, 0.15) is 32.1 Å². The maximum absolute atomic E-state index is 5.70. The van der Waals surface area contributed by atoms with Gasteiger partial charge in [-0.3, -0.25) is 4.68 Å². The molecule has 0 unspecified atom stereocenters. The summed E-state index contributed by atoms with van der Waals surface area (Å²) in [5.74, 6) is 2.03. The smallest absolute Gasteiger partial charge is 0.227 e. The molecule has 9 nitrogen and oxygen atoms in total. The summed E-state index contributed by atoms with van der Waals surface area (Å²) < 4.78 is 7.66. The molecule has 1 aromatic carbocycles. The van der Waals surface area contributed by atoms with E-state index >= 15 is 0 Å². The molecule has 1 fully saturated rings. The van der Waals surface area contributed by atoms with Gasteiger partial charge < -0.3 is 20.3 Å². The van der Waals surface area contributed by atoms with E-state index < -0.39 is 0 Å². The van der Waals surface area contributed by atoms with E-state index in [1.54, 1.807) is 7.11 Å². The van der Waals surface area contributed by atoms with E-state index in [1.165, 1.54) is 32.1 Å². The first kappa shape index (κ1) is 24.0. The first-order chi connectivity index (χ1) is 17.6. The molecule has 1 saturated carbocycles. The highest BCUT2D eigenvalue weighted by atomic mass is 16.5. The number of fused-ring (bicyclic) bond motifs is 1. The number of hydrogen-bond donors (Lipinski definition) is 2. The molecule has 0 radical (unpaired) electrons. The summed E-state index contributed by atoms with van der Waals surface area (Å²) in [5.41, 5.74) is 3.70. The van der Waals surface area contributed by atoms with Gasteiger partial charge in [0.25, 0.3) is 0 Å². The number of rotatable bonds is 9. The van der Waals surface area contributed by atoms with Gasteiger partial charge in [-0.1, -0.05) is 25.3 Å². The fourth-order valence-corrected chi connectivity index (χ4v) is 4.59. The number of nitrogens with zero attached hydrogens (tertiary/aromatic N) is 6. The molecule has 0 bridgehead atoms. The third-order valence-corrected chi connectivity index (χ3v) is 6.64. The zero-order valence-corrected chi connectivity index (χ0v) is 21.2. The molecule has 3 aromatic heterocycles. The summed E-state index contributed by atoms with van der Waals surface area (Å²) in [4.78, 5) is 16.1. The van der Waals surface area contributed by atoms with Crippen molar-refractivity contribution in [2.24, 2.45) is 0 Å². The quantitative estimate of drug-likeness (QED) is 0.343. The first-order valence-corrected chi connectivity index (χ1v) is 12.6. The van der Waals surface area contributed by atoms with Crippen LogP contribution in [0.2, 0.25) is 0 Å². The van der Waals surface area contributed by atoms with Crippen molar-refractivity contribution in [1.82, 2.24) is 29.6 Å². The Morgan fingerprint density at radius 1 is 1.06 bits per heavy atom. The van der Waals surface area contributed by atoms with Crippen molar-refractivity contribution >= 4 is 28.4 Å². The normalized spacial score (nSPS) is 14.3. The van der Waals surface area contributed by atoms with Crippen LogP contribution >= 0.6 is 0 Å². The molecular formula is C27H34N8O. The van der Waals surface area contributed by atoms with Crippen LogP contribution in [-0.4, -0.2) is 63.4 Å². The van der Waals surface area contributed by atoms with Crippen LogP contribution in [0.15, 0.2) is 49.1 Å². The van der Waals surface area contributed by atoms with E-state index in [4.69, 9.17) is 9.72 Å². The Kier molecular flexibility index (Phi) is 7.27. The highest BCUT2D eigenvalue weighted by Gasteiger charge is 2.16. The molecule has 1 aliphatic carbocycles. The molecule has 1 aliphatic rings. The number of nitrogens with one attached hydrogen (secondary N) is 2. The van der Waals surface area contributed by atoms with E-state index in [1.807, 2.05) is 41.5 Å². The fourth-order valence-electron chi connectivity index (χ4n) is 4.59. The number of hydrogen-bond acceptors (Lipinski definition) is 8. The van der Waals surface area contributed by atoms with Crippen molar-refractivity contribution in [2.75, 3.05) is 38.4 Å². The largest absolute Gasteiger partial charge is 0.495 e. The second-order valence-electron chi connectivity index (χ2n) is 9.61. The lowest BCUT2D eigenvalue weighted by atomic mass is 9.95. The summed E-state index contributed by atoms with van der Waals surface area (Å²) >= 11 is 0. The second-order valence-corrected chi connectivity index (χ2v) is 9.61. The summed E-state index contributed by atoms with van der Waals surface area (Å²) in [6.07, 6.45) is 13.8. The molecule has 2 N–H and O–H groups in total. The minimum absolute atomic E-state index is 0.447. The Morgan fingerprint density at radius 3 is 2.72 bits per heavy atom. The van der Waals surface area contributed by atoms with E-state index in [-0.39, 0.29) is 0 Å². The summed E-state index contributed by atoms with van der Waals surface area (Å²) in [7, 11) is 5.79. The Hall–Kier alpha value is -3.72. The minimum atomic E-state index is 0.447. The van der Waals surface area contributed by atoms with Crippen LogP contribution in [0.5, 0.6) is 5.75 Å². The number of ether oxygens (including phenoxy) is 1. The van der Waals surface area contributed by atoms with Gasteiger partial charge in [0.05, 0.1) is 25.5 Å². The molecule has 5 rings (SSSR count). The third kappa shape index (κ3) is 5.57.